The Bertz CT molecular complexity index is 631. The summed E-state index contributed by atoms with van der Waals surface area (Å²) in [7, 11) is -1.30. The minimum Gasteiger partial charge on any atom is -0.496 e. The van der Waals surface area contributed by atoms with E-state index in [1.165, 1.54) is 0 Å². The SMILES string of the molecule is COc1ccccc1CCNCCC(=O)NC1CCS(=O)(=O)C1. The van der Waals surface area contributed by atoms with Gasteiger partial charge in [0, 0.05) is 19.0 Å². The molecule has 0 spiro atoms. The van der Waals surface area contributed by atoms with Crippen molar-refractivity contribution >= 4 is 15.7 Å². The lowest BCUT2D eigenvalue weighted by molar-refractivity contribution is -0.121. The highest BCUT2D eigenvalue weighted by atomic mass is 32.2. The third kappa shape index (κ3) is 5.84. The maximum absolute atomic E-state index is 11.8. The molecule has 1 atom stereocenters. The van der Waals surface area contributed by atoms with Crippen LogP contribution >= 0.6 is 0 Å². The van der Waals surface area contributed by atoms with Crippen LogP contribution in [0.15, 0.2) is 24.3 Å². The van der Waals surface area contributed by atoms with Crippen LogP contribution in [0, 0.1) is 0 Å². The summed E-state index contributed by atoms with van der Waals surface area (Å²) in [5.41, 5.74) is 1.13. The van der Waals surface area contributed by atoms with Crippen molar-refractivity contribution in [3.05, 3.63) is 29.8 Å². The van der Waals surface area contributed by atoms with E-state index < -0.39 is 9.84 Å². The van der Waals surface area contributed by atoms with E-state index >= 15 is 0 Å². The number of benzene rings is 1. The van der Waals surface area contributed by atoms with Gasteiger partial charge in [-0.25, -0.2) is 8.42 Å². The largest absolute Gasteiger partial charge is 0.496 e. The van der Waals surface area contributed by atoms with Crippen LogP contribution in [0.2, 0.25) is 0 Å². The van der Waals surface area contributed by atoms with Crippen molar-refractivity contribution in [2.75, 3.05) is 31.7 Å². The molecule has 1 amide bonds. The molecule has 1 unspecified atom stereocenters. The topological polar surface area (TPSA) is 84.5 Å². The molecule has 128 valence electrons. The Kier molecular flexibility index (Phi) is 6.41. The smallest absolute Gasteiger partial charge is 0.221 e. The Hall–Kier alpha value is -1.60. The summed E-state index contributed by atoms with van der Waals surface area (Å²) in [5, 5.41) is 6.01. The summed E-state index contributed by atoms with van der Waals surface area (Å²) in [6.07, 6.45) is 1.70. The predicted octanol–water partition coefficient (Wildman–Crippen LogP) is 0.521. The van der Waals surface area contributed by atoms with Crippen LogP contribution in [-0.2, 0) is 21.1 Å². The van der Waals surface area contributed by atoms with E-state index in [4.69, 9.17) is 4.74 Å². The fourth-order valence-corrected chi connectivity index (χ4v) is 4.34. The van der Waals surface area contributed by atoms with E-state index in [2.05, 4.69) is 10.6 Å². The molecule has 1 saturated heterocycles. The molecule has 1 aromatic carbocycles. The van der Waals surface area contributed by atoms with Crippen LogP contribution in [-0.4, -0.2) is 52.1 Å². The molecule has 1 heterocycles. The van der Waals surface area contributed by atoms with E-state index in [1.807, 2.05) is 24.3 Å². The third-order valence-corrected chi connectivity index (χ3v) is 5.66. The van der Waals surface area contributed by atoms with Gasteiger partial charge in [-0.3, -0.25) is 4.79 Å². The van der Waals surface area contributed by atoms with Gasteiger partial charge < -0.3 is 15.4 Å². The number of carbonyl (C=O) groups is 1. The molecule has 23 heavy (non-hydrogen) atoms. The summed E-state index contributed by atoms with van der Waals surface area (Å²) in [6.45, 7) is 1.33. The van der Waals surface area contributed by atoms with E-state index in [1.54, 1.807) is 7.11 Å². The second kappa shape index (κ2) is 8.31. The summed E-state index contributed by atoms with van der Waals surface area (Å²) >= 11 is 0. The Morgan fingerprint density at radius 1 is 1.30 bits per heavy atom. The van der Waals surface area contributed by atoms with Gasteiger partial charge in [-0.15, -0.1) is 0 Å². The zero-order valence-corrected chi connectivity index (χ0v) is 14.2. The van der Waals surface area contributed by atoms with Crippen LogP contribution in [0.3, 0.4) is 0 Å². The molecule has 1 aliphatic heterocycles. The molecule has 0 radical (unpaired) electrons. The summed E-state index contributed by atoms with van der Waals surface area (Å²) in [6, 6.07) is 7.64. The number of para-hydroxylation sites is 1. The minimum absolute atomic E-state index is 0.0694. The van der Waals surface area contributed by atoms with E-state index in [-0.39, 0.29) is 23.5 Å². The number of methoxy groups -OCH3 is 1. The fraction of sp³-hybridized carbons (Fsp3) is 0.562. The monoisotopic (exact) mass is 340 g/mol. The first kappa shape index (κ1) is 17.7. The lowest BCUT2D eigenvalue weighted by atomic mass is 10.1. The van der Waals surface area contributed by atoms with Gasteiger partial charge in [0.15, 0.2) is 9.84 Å². The van der Waals surface area contributed by atoms with Crippen molar-refractivity contribution in [2.45, 2.75) is 25.3 Å². The number of nitrogens with one attached hydrogen (secondary N) is 2. The summed E-state index contributed by atoms with van der Waals surface area (Å²) in [4.78, 5) is 11.8. The van der Waals surface area contributed by atoms with Crippen LogP contribution in [0.1, 0.15) is 18.4 Å². The number of hydrogen-bond donors (Lipinski definition) is 2. The lowest BCUT2D eigenvalue weighted by Gasteiger charge is -2.11. The molecular weight excluding hydrogens is 316 g/mol. The first-order valence-corrected chi connectivity index (χ1v) is 9.65. The van der Waals surface area contributed by atoms with Crippen LogP contribution in [0.25, 0.3) is 0 Å². The number of hydrogen-bond acceptors (Lipinski definition) is 5. The van der Waals surface area contributed by atoms with Gasteiger partial charge in [-0.1, -0.05) is 18.2 Å². The number of amides is 1. The molecular formula is C16H24N2O4S. The highest BCUT2D eigenvalue weighted by Crippen LogP contribution is 2.17. The lowest BCUT2D eigenvalue weighted by Crippen LogP contribution is -2.37. The molecule has 0 bridgehead atoms. The second-order valence-electron chi connectivity index (χ2n) is 5.73. The molecule has 1 fully saturated rings. The predicted molar refractivity (Wildman–Crippen MR) is 89.4 cm³/mol. The molecule has 2 N–H and O–H groups in total. The normalized spacial score (nSPS) is 19.4. The van der Waals surface area contributed by atoms with Gasteiger partial charge in [0.25, 0.3) is 0 Å². The minimum atomic E-state index is -2.95. The van der Waals surface area contributed by atoms with Crippen molar-refractivity contribution < 1.29 is 17.9 Å². The zero-order chi connectivity index (χ0) is 16.7. The van der Waals surface area contributed by atoms with Crippen LogP contribution in [0.5, 0.6) is 5.75 Å². The average molecular weight is 340 g/mol. The number of rotatable bonds is 8. The highest BCUT2D eigenvalue weighted by Gasteiger charge is 2.28. The first-order chi connectivity index (χ1) is 11.0. The quantitative estimate of drug-likeness (QED) is 0.674. The maximum atomic E-state index is 11.8. The van der Waals surface area contributed by atoms with Gasteiger partial charge in [-0.05, 0) is 31.0 Å². The molecule has 0 aromatic heterocycles. The Morgan fingerprint density at radius 2 is 2.09 bits per heavy atom. The molecule has 1 aliphatic rings. The first-order valence-electron chi connectivity index (χ1n) is 7.82. The molecule has 2 rings (SSSR count). The maximum Gasteiger partial charge on any atom is 0.221 e. The molecule has 1 aromatic rings. The van der Waals surface area contributed by atoms with Crippen molar-refractivity contribution in [1.29, 1.82) is 0 Å². The van der Waals surface area contributed by atoms with Crippen molar-refractivity contribution in [3.63, 3.8) is 0 Å². The van der Waals surface area contributed by atoms with Crippen molar-refractivity contribution in [1.82, 2.24) is 10.6 Å². The summed E-state index contributed by atoms with van der Waals surface area (Å²) in [5.74, 6) is 1.01. The van der Waals surface area contributed by atoms with E-state index in [0.29, 0.717) is 19.4 Å². The van der Waals surface area contributed by atoms with Crippen LogP contribution < -0.4 is 15.4 Å². The zero-order valence-electron chi connectivity index (χ0n) is 13.4. The Morgan fingerprint density at radius 3 is 2.78 bits per heavy atom. The van der Waals surface area contributed by atoms with E-state index in [0.717, 1.165) is 24.3 Å². The Balaban J connectivity index is 1.61. The molecule has 0 aliphatic carbocycles. The van der Waals surface area contributed by atoms with Crippen molar-refractivity contribution in [3.8, 4) is 5.75 Å². The van der Waals surface area contributed by atoms with Gasteiger partial charge in [0.2, 0.25) is 5.91 Å². The summed E-state index contributed by atoms with van der Waals surface area (Å²) < 4.78 is 28.0. The average Bonchev–Trinajstić information content (AvgIpc) is 2.86. The van der Waals surface area contributed by atoms with Gasteiger partial charge >= 0.3 is 0 Å². The molecule has 0 saturated carbocycles. The third-order valence-electron chi connectivity index (χ3n) is 3.89. The second-order valence-corrected chi connectivity index (χ2v) is 7.96. The standard InChI is InChI=1S/C16H24N2O4S/c1-22-15-5-3-2-4-13(15)6-9-17-10-7-16(19)18-14-8-11-23(20,21)12-14/h2-5,14,17H,6-12H2,1H3,(H,18,19). The Labute approximate surface area is 137 Å². The highest BCUT2D eigenvalue weighted by molar-refractivity contribution is 7.91. The number of carbonyl (C=O) groups excluding carboxylic acids is 1. The van der Waals surface area contributed by atoms with E-state index in [9.17, 15) is 13.2 Å². The van der Waals surface area contributed by atoms with Crippen molar-refractivity contribution in [2.24, 2.45) is 0 Å². The molecule has 6 nitrogen and oxygen atoms in total. The molecule has 7 heteroatoms. The fourth-order valence-electron chi connectivity index (χ4n) is 2.67. The van der Waals surface area contributed by atoms with Gasteiger partial charge in [0.05, 0.1) is 18.6 Å². The van der Waals surface area contributed by atoms with Crippen LogP contribution in [0.4, 0.5) is 0 Å². The van der Waals surface area contributed by atoms with Gasteiger partial charge in [-0.2, -0.15) is 0 Å². The van der Waals surface area contributed by atoms with Gasteiger partial charge in [0.1, 0.15) is 5.75 Å². The number of ether oxygens (including phenoxy) is 1. The number of sulfone groups is 1.